The molecule has 0 radical (unpaired) electrons. The van der Waals surface area contributed by atoms with Crippen LogP contribution in [-0.2, 0) is 0 Å². The lowest BCUT2D eigenvalue weighted by Gasteiger charge is -2.28. The first-order chi connectivity index (χ1) is 23.8. The molecular weight excluding hydrogens is 778 g/mol. The van der Waals surface area contributed by atoms with Crippen molar-refractivity contribution in [1.82, 2.24) is 29.1 Å². The van der Waals surface area contributed by atoms with Crippen molar-refractivity contribution < 1.29 is 5.11 Å². The number of aliphatic hydroxyl groups is 1. The van der Waals surface area contributed by atoms with Crippen molar-refractivity contribution in [3.8, 4) is 11.4 Å². The van der Waals surface area contributed by atoms with E-state index in [-0.39, 0.29) is 6.61 Å². The number of hydrogen-bond acceptors (Lipinski definition) is 6. The van der Waals surface area contributed by atoms with Crippen LogP contribution in [0.2, 0.25) is 5.15 Å². The third kappa shape index (κ3) is 7.00. The molecule has 0 unspecified atom stereocenters. The first-order valence-electron chi connectivity index (χ1n) is 16.7. The van der Waals surface area contributed by atoms with Gasteiger partial charge in [-0.05, 0) is 126 Å². The van der Waals surface area contributed by atoms with Crippen molar-refractivity contribution in [1.29, 1.82) is 0 Å². The number of nitrogens with zero attached hydrogens (tertiary/aromatic N) is 7. The lowest BCUT2D eigenvalue weighted by Crippen LogP contribution is -2.30. The Morgan fingerprint density at radius 2 is 1.16 bits per heavy atom. The fourth-order valence-electron chi connectivity index (χ4n) is 7.16. The largest absolute Gasteiger partial charge is 0.396 e. The number of aryl methyl sites for hydroxylation is 8. The molecule has 1 aliphatic rings. The molecule has 7 rings (SSSR count). The molecule has 50 heavy (non-hydrogen) atoms. The Balaban J connectivity index is 0.000000182. The minimum atomic E-state index is 0.219. The maximum Gasteiger partial charge on any atom is 0.150 e. The second kappa shape index (κ2) is 14.6. The smallest absolute Gasteiger partial charge is 0.150 e. The molecule has 0 atom stereocenters. The summed E-state index contributed by atoms with van der Waals surface area (Å²) in [6.45, 7) is 18.4. The topological polar surface area (TPSA) is 84.9 Å². The molecular formula is C39H42Br2ClN7O. The van der Waals surface area contributed by atoms with Crippen LogP contribution in [0.4, 0.5) is 5.82 Å². The standard InChI is InChI=1S/C23H27BrN4O.C16H15BrClN3/c1-14-11-19(24)12-15(2)21(14)28-13-16(3)20-22(25-17(4)26-23(20)28)27-8-5-18(6-9-27)7-10-29;1-8-5-12(17)6-9(2)14(8)21-7-10(3)13-15(18)19-11(4)20-16(13)21/h5,11-13,29H,6-10H2,1-4H3;5-7H,1-4H3. The van der Waals surface area contributed by atoms with E-state index in [2.05, 4.69) is 133 Å². The van der Waals surface area contributed by atoms with Gasteiger partial charge in [-0.15, -0.1) is 0 Å². The SMILES string of the molecule is Cc1nc(Cl)c2c(C)cn(-c3c(C)cc(Br)cc3C)c2n1.Cc1nc(N2CC=C(CCO)CC2)c2c(C)cn(-c3c(C)cc(Br)cc3C)c2n1. The normalized spacial score (nSPS) is 13.2. The molecule has 1 aliphatic heterocycles. The highest BCUT2D eigenvalue weighted by molar-refractivity contribution is 9.10. The Kier molecular flexibility index (Phi) is 10.6. The second-order valence-electron chi connectivity index (χ2n) is 13.2. The predicted molar refractivity (Wildman–Crippen MR) is 213 cm³/mol. The van der Waals surface area contributed by atoms with Gasteiger partial charge in [0.05, 0.1) is 22.1 Å². The van der Waals surface area contributed by atoms with Gasteiger partial charge in [0.2, 0.25) is 0 Å². The van der Waals surface area contributed by atoms with Crippen LogP contribution in [0.5, 0.6) is 0 Å². The van der Waals surface area contributed by atoms with Gasteiger partial charge in [-0.2, -0.15) is 0 Å². The van der Waals surface area contributed by atoms with Gasteiger partial charge in [0.1, 0.15) is 28.3 Å². The van der Waals surface area contributed by atoms with Gasteiger partial charge in [-0.25, -0.2) is 19.9 Å². The summed E-state index contributed by atoms with van der Waals surface area (Å²) in [7, 11) is 0. The second-order valence-corrected chi connectivity index (χ2v) is 15.4. The van der Waals surface area contributed by atoms with Crippen molar-refractivity contribution in [3.63, 3.8) is 0 Å². The number of benzene rings is 2. The molecule has 2 aromatic carbocycles. The Labute approximate surface area is 315 Å². The summed E-state index contributed by atoms with van der Waals surface area (Å²) in [5.74, 6) is 2.47. The van der Waals surface area contributed by atoms with Gasteiger partial charge >= 0.3 is 0 Å². The predicted octanol–water partition coefficient (Wildman–Crippen LogP) is 10.0. The summed E-state index contributed by atoms with van der Waals surface area (Å²) in [6.07, 6.45) is 8.23. The third-order valence-corrected chi connectivity index (χ3v) is 10.4. The van der Waals surface area contributed by atoms with Crippen LogP contribution in [0.25, 0.3) is 33.4 Å². The maximum absolute atomic E-state index is 9.21. The first kappa shape index (κ1) is 36.2. The summed E-state index contributed by atoms with van der Waals surface area (Å²) in [5, 5.41) is 11.8. The van der Waals surface area contributed by atoms with Crippen molar-refractivity contribution in [2.45, 2.75) is 68.2 Å². The molecule has 0 spiro atoms. The summed E-state index contributed by atoms with van der Waals surface area (Å²) < 4.78 is 6.51. The Morgan fingerprint density at radius 1 is 0.680 bits per heavy atom. The molecule has 0 bridgehead atoms. The molecule has 4 aromatic heterocycles. The van der Waals surface area contributed by atoms with Crippen molar-refractivity contribution in [2.75, 3.05) is 24.6 Å². The van der Waals surface area contributed by atoms with Gasteiger partial charge in [0.15, 0.2) is 5.65 Å². The molecule has 6 aromatic rings. The number of anilines is 1. The molecule has 5 heterocycles. The van der Waals surface area contributed by atoms with Crippen LogP contribution in [0, 0.1) is 55.4 Å². The van der Waals surface area contributed by atoms with Gasteiger partial charge in [0.25, 0.3) is 0 Å². The van der Waals surface area contributed by atoms with Crippen LogP contribution < -0.4 is 4.90 Å². The molecule has 0 aliphatic carbocycles. The number of aliphatic hydroxyl groups excluding tert-OH is 1. The summed E-state index contributed by atoms with van der Waals surface area (Å²) in [5.41, 5.74) is 12.5. The maximum atomic E-state index is 9.21. The zero-order valence-corrected chi connectivity index (χ0v) is 33.7. The van der Waals surface area contributed by atoms with Crippen LogP contribution >= 0.6 is 43.5 Å². The Hall–Kier alpha value is -3.57. The van der Waals surface area contributed by atoms with Gasteiger partial charge in [-0.1, -0.05) is 55.1 Å². The van der Waals surface area contributed by atoms with Gasteiger partial charge in [0, 0.05) is 41.0 Å². The number of rotatable bonds is 5. The first-order valence-corrected chi connectivity index (χ1v) is 18.7. The van der Waals surface area contributed by atoms with E-state index in [1.54, 1.807) is 0 Å². The molecule has 260 valence electrons. The fourth-order valence-corrected chi connectivity index (χ4v) is 8.89. The summed E-state index contributed by atoms with van der Waals surface area (Å²) in [6, 6.07) is 8.52. The highest BCUT2D eigenvalue weighted by Crippen LogP contribution is 2.35. The van der Waals surface area contributed by atoms with Gasteiger partial charge in [-0.3, -0.25) is 0 Å². The number of halogens is 3. The third-order valence-electron chi connectivity index (χ3n) is 9.26. The average Bonchev–Trinajstić information content (AvgIpc) is 3.52. The molecule has 0 saturated carbocycles. The highest BCUT2D eigenvalue weighted by Gasteiger charge is 2.22. The van der Waals surface area contributed by atoms with Gasteiger partial charge < -0.3 is 19.1 Å². The van der Waals surface area contributed by atoms with Crippen LogP contribution in [0.15, 0.2) is 57.3 Å². The lowest BCUT2D eigenvalue weighted by atomic mass is 10.0. The molecule has 0 amide bonds. The summed E-state index contributed by atoms with van der Waals surface area (Å²) >= 11 is 13.4. The van der Waals surface area contributed by atoms with E-state index in [0.717, 1.165) is 79.8 Å². The summed E-state index contributed by atoms with van der Waals surface area (Å²) in [4.78, 5) is 20.9. The fraction of sp³-hybridized carbons (Fsp3) is 0.333. The molecule has 0 fully saturated rings. The minimum Gasteiger partial charge on any atom is -0.396 e. The monoisotopic (exact) mass is 817 g/mol. The van der Waals surface area contributed by atoms with Crippen LogP contribution in [0.1, 0.15) is 57.9 Å². The number of aromatic nitrogens is 6. The highest BCUT2D eigenvalue weighted by atomic mass is 79.9. The minimum absolute atomic E-state index is 0.219. The average molecular weight is 820 g/mol. The van der Waals surface area contributed by atoms with E-state index in [4.69, 9.17) is 21.6 Å². The van der Waals surface area contributed by atoms with E-state index in [1.807, 2.05) is 20.8 Å². The van der Waals surface area contributed by atoms with Crippen molar-refractivity contribution >= 4 is 71.3 Å². The van der Waals surface area contributed by atoms with Crippen molar-refractivity contribution in [2.24, 2.45) is 0 Å². The zero-order valence-electron chi connectivity index (χ0n) is 29.8. The van der Waals surface area contributed by atoms with E-state index in [9.17, 15) is 5.11 Å². The Bertz CT molecular complexity index is 2260. The Morgan fingerprint density at radius 3 is 1.64 bits per heavy atom. The zero-order chi connectivity index (χ0) is 36.0. The quantitative estimate of drug-likeness (QED) is 0.138. The lowest BCUT2D eigenvalue weighted by molar-refractivity contribution is 0.297. The van der Waals surface area contributed by atoms with E-state index >= 15 is 0 Å². The van der Waals surface area contributed by atoms with E-state index < -0.39 is 0 Å². The molecule has 8 nitrogen and oxygen atoms in total. The number of fused-ring (bicyclic) bond motifs is 2. The molecule has 11 heteroatoms. The van der Waals surface area contributed by atoms with Crippen LogP contribution in [0.3, 0.4) is 0 Å². The van der Waals surface area contributed by atoms with Crippen LogP contribution in [-0.4, -0.2) is 53.9 Å². The van der Waals surface area contributed by atoms with E-state index in [1.165, 1.54) is 39.1 Å². The van der Waals surface area contributed by atoms with E-state index in [0.29, 0.717) is 11.0 Å². The van der Waals surface area contributed by atoms with Crippen molar-refractivity contribution in [3.05, 3.63) is 107 Å². The molecule has 0 saturated heterocycles. The number of hydrogen-bond donors (Lipinski definition) is 1. The molecule has 1 N–H and O–H groups in total.